The third kappa shape index (κ3) is 3.95. The fourth-order valence-electron chi connectivity index (χ4n) is 3.75. The lowest BCUT2D eigenvalue weighted by Crippen LogP contribution is -2.55. The Morgan fingerprint density at radius 2 is 1.68 bits per heavy atom. The van der Waals surface area contributed by atoms with Gasteiger partial charge in [0.1, 0.15) is 5.54 Å². The van der Waals surface area contributed by atoms with E-state index in [2.05, 4.69) is 12.2 Å². The number of carboxylic acids is 1. The lowest BCUT2D eigenvalue weighted by atomic mass is 9.88. The van der Waals surface area contributed by atoms with E-state index >= 15 is 0 Å². The summed E-state index contributed by atoms with van der Waals surface area (Å²) in [5, 5.41) is 13.3. The molecule has 2 atom stereocenters. The SMILES string of the molecule is CC1CCCC(NC2CCCCCC2)(C(=O)O)CC1. The Bertz CT molecular complexity index is 297. The van der Waals surface area contributed by atoms with E-state index in [1.54, 1.807) is 0 Å². The van der Waals surface area contributed by atoms with Crippen LogP contribution in [0.15, 0.2) is 0 Å². The molecular weight excluding hydrogens is 238 g/mol. The summed E-state index contributed by atoms with van der Waals surface area (Å²) in [7, 11) is 0. The average Bonchev–Trinajstić information content (AvgIpc) is 2.72. The monoisotopic (exact) mass is 267 g/mol. The van der Waals surface area contributed by atoms with Crippen LogP contribution < -0.4 is 5.32 Å². The molecule has 0 saturated heterocycles. The predicted molar refractivity (Wildman–Crippen MR) is 77.2 cm³/mol. The van der Waals surface area contributed by atoms with Crippen molar-refractivity contribution in [2.45, 2.75) is 89.1 Å². The molecule has 0 heterocycles. The largest absolute Gasteiger partial charge is 0.480 e. The molecule has 0 aromatic rings. The van der Waals surface area contributed by atoms with Gasteiger partial charge in [-0.25, -0.2) is 0 Å². The quantitative estimate of drug-likeness (QED) is 0.766. The summed E-state index contributed by atoms with van der Waals surface area (Å²) in [5.74, 6) is 0.0583. The van der Waals surface area contributed by atoms with Gasteiger partial charge in [-0.2, -0.15) is 0 Å². The smallest absolute Gasteiger partial charge is 0.323 e. The van der Waals surface area contributed by atoms with Gasteiger partial charge < -0.3 is 5.11 Å². The molecule has 0 bridgehead atoms. The Labute approximate surface area is 117 Å². The van der Waals surface area contributed by atoms with E-state index in [1.807, 2.05) is 0 Å². The van der Waals surface area contributed by atoms with Crippen molar-refractivity contribution in [3.05, 3.63) is 0 Å². The molecule has 2 fully saturated rings. The van der Waals surface area contributed by atoms with Gasteiger partial charge in [-0.05, 0) is 38.0 Å². The summed E-state index contributed by atoms with van der Waals surface area (Å²) in [6.45, 7) is 2.25. The molecule has 2 unspecified atom stereocenters. The maximum absolute atomic E-state index is 11.8. The van der Waals surface area contributed by atoms with Crippen molar-refractivity contribution in [2.24, 2.45) is 5.92 Å². The van der Waals surface area contributed by atoms with Gasteiger partial charge in [0.05, 0.1) is 0 Å². The second-order valence-corrected chi connectivity index (χ2v) is 6.76. The van der Waals surface area contributed by atoms with Gasteiger partial charge >= 0.3 is 5.97 Å². The van der Waals surface area contributed by atoms with Crippen LogP contribution in [0.3, 0.4) is 0 Å². The number of aliphatic carboxylic acids is 1. The molecule has 0 amide bonds. The standard InChI is InChI=1S/C16H29NO2/c1-13-7-6-11-16(12-10-13,15(18)19)17-14-8-4-2-3-5-9-14/h13-14,17H,2-12H2,1H3,(H,18,19). The Morgan fingerprint density at radius 1 is 1.00 bits per heavy atom. The van der Waals surface area contributed by atoms with Crippen molar-refractivity contribution in [3.8, 4) is 0 Å². The maximum atomic E-state index is 11.8. The van der Waals surface area contributed by atoms with E-state index < -0.39 is 11.5 Å². The number of rotatable bonds is 3. The summed E-state index contributed by atoms with van der Waals surface area (Å²) in [5.41, 5.74) is -0.639. The van der Waals surface area contributed by atoms with Crippen LogP contribution in [0, 0.1) is 5.92 Å². The summed E-state index contributed by atoms with van der Waals surface area (Å²) >= 11 is 0. The molecule has 2 rings (SSSR count). The van der Waals surface area contributed by atoms with Crippen LogP contribution in [0.4, 0.5) is 0 Å². The maximum Gasteiger partial charge on any atom is 0.323 e. The van der Waals surface area contributed by atoms with E-state index in [1.165, 1.54) is 32.1 Å². The molecule has 19 heavy (non-hydrogen) atoms. The lowest BCUT2D eigenvalue weighted by molar-refractivity contribution is -0.146. The highest BCUT2D eigenvalue weighted by atomic mass is 16.4. The summed E-state index contributed by atoms with van der Waals surface area (Å²) in [6, 6.07) is 0.423. The lowest BCUT2D eigenvalue weighted by Gasteiger charge is -2.34. The van der Waals surface area contributed by atoms with Gasteiger partial charge in [0, 0.05) is 6.04 Å². The fourth-order valence-corrected chi connectivity index (χ4v) is 3.75. The van der Waals surface area contributed by atoms with E-state index in [0.29, 0.717) is 12.0 Å². The number of nitrogens with one attached hydrogen (secondary N) is 1. The van der Waals surface area contributed by atoms with Crippen LogP contribution in [0.1, 0.15) is 77.6 Å². The van der Waals surface area contributed by atoms with E-state index in [-0.39, 0.29) is 0 Å². The molecule has 2 aliphatic carbocycles. The first-order valence-corrected chi connectivity index (χ1v) is 8.13. The number of hydrogen-bond donors (Lipinski definition) is 2. The zero-order valence-corrected chi connectivity index (χ0v) is 12.3. The minimum absolute atomic E-state index is 0.423. The highest BCUT2D eigenvalue weighted by molar-refractivity contribution is 5.78. The molecule has 0 spiro atoms. The highest BCUT2D eigenvalue weighted by Crippen LogP contribution is 2.32. The van der Waals surface area contributed by atoms with Crippen LogP contribution in [-0.2, 0) is 4.79 Å². The third-order valence-electron chi connectivity index (χ3n) is 5.11. The zero-order valence-electron chi connectivity index (χ0n) is 12.3. The summed E-state index contributed by atoms with van der Waals surface area (Å²) in [4.78, 5) is 11.8. The molecule has 0 radical (unpaired) electrons. The average molecular weight is 267 g/mol. The van der Waals surface area contributed by atoms with E-state index in [4.69, 9.17) is 0 Å². The minimum atomic E-state index is -0.639. The Kier molecular flexibility index (Phi) is 5.26. The molecular formula is C16H29NO2. The van der Waals surface area contributed by atoms with Crippen LogP contribution in [0.5, 0.6) is 0 Å². The van der Waals surface area contributed by atoms with Gasteiger partial charge in [-0.1, -0.05) is 45.4 Å². The first-order valence-electron chi connectivity index (χ1n) is 8.13. The predicted octanol–water partition coefficient (Wildman–Crippen LogP) is 3.72. The first kappa shape index (κ1) is 14.8. The second-order valence-electron chi connectivity index (χ2n) is 6.76. The molecule has 110 valence electrons. The Morgan fingerprint density at radius 3 is 2.32 bits per heavy atom. The molecule has 3 heteroatoms. The summed E-state index contributed by atoms with van der Waals surface area (Å²) in [6.07, 6.45) is 12.3. The Balaban J connectivity index is 2.03. The second kappa shape index (κ2) is 6.74. The fraction of sp³-hybridized carbons (Fsp3) is 0.938. The van der Waals surface area contributed by atoms with Crippen LogP contribution in [0.25, 0.3) is 0 Å². The summed E-state index contributed by atoms with van der Waals surface area (Å²) < 4.78 is 0. The normalized spacial score (nSPS) is 34.5. The van der Waals surface area contributed by atoms with Gasteiger partial charge in [0.25, 0.3) is 0 Å². The van der Waals surface area contributed by atoms with Crippen molar-refractivity contribution in [2.75, 3.05) is 0 Å². The van der Waals surface area contributed by atoms with Gasteiger partial charge in [-0.15, -0.1) is 0 Å². The van der Waals surface area contributed by atoms with Gasteiger partial charge in [-0.3, -0.25) is 10.1 Å². The first-order chi connectivity index (χ1) is 9.12. The van der Waals surface area contributed by atoms with E-state index in [9.17, 15) is 9.90 Å². The highest BCUT2D eigenvalue weighted by Gasteiger charge is 2.40. The number of hydrogen-bond acceptors (Lipinski definition) is 2. The van der Waals surface area contributed by atoms with Crippen LogP contribution in [-0.4, -0.2) is 22.7 Å². The van der Waals surface area contributed by atoms with Crippen molar-refractivity contribution in [3.63, 3.8) is 0 Å². The molecule has 3 nitrogen and oxygen atoms in total. The van der Waals surface area contributed by atoms with Crippen molar-refractivity contribution in [1.29, 1.82) is 0 Å². The van der Waals surface area contributed by atoms with Crippen molar-refractivity contribution in [1.82, 2.24) is 5.32 Å². The number of carboxylic acid groups (broad SMARTS) is 1. The minimum Gasteiger partial charge on any atom is -0.480 e. The molecule has 0 aromatic carbocycles. The van der Waals surface area contributed by atoms with Gasteiger partial charge in [0.15, 0.2) is 0 Å². The van der Waals surface area contributed by atoms with Crippen LogP contribution >= 0.6 is 0 Å². The number of carbonyl (C=O) groups is 1. The molecule has 0 aliphatic heterocycles. The molecule has 2 N–H and O–H groups in total. The van der Waals surface area contributed by atoms with Crippen molar-refractivity contribution >= 4 is 5.97 Å². The molecule has 2 saturated carbocycles. The molecule has 2 aliphatic rings. The Hall–Kier alpha value is -0.570. The zero-order chi connectivity index (χ0) is 13.7. The topological polar surface area (TPSA) is 49.3 Å². The van der Waals surface area contributed by atoms with E-state index in [0.717, 1.165) is 38.5 Å². The molecule has 0 aromatic heterocycles. The third-order valence-corrected chi connectivity index (χ3v) is 5.11. The van der Waals surface area contributed by atoms with Crippen LogP contribution in [0.2, 0.25) is 0 Å². The van der Waals surface area contributed by atoms with Crippen molar-refractivity contribution < 1.29 is 9.90 Å². The van der Waals surface area contributed by atoms with Gasteiger partial charge in [0.2, 0.25) is 0 Å².